The molecule has 0 aromatic heterocycles. The number of rotatable bonds is 1. The van der Waals surface area contributed by atoms with E-state index in [-0.39, 0.29) is 16.8 Å². The van der Waals surface area contributed by atoms with Gasteiger partial charge in [-0.25, -0.2) is 0 Å². The SMILES string of the molecule is CC1(C)SCC2C(=O)N(c3ccc(Br)cc3)C(=S)N21. The first kappa shape index (κ1) is 13.4. The minimum absolute atomic E-state index is 0.0883. The summed E-state index contributed by atoms with van der Waals surface area (Å²) in [6.07, 6.45) is 0. The van der Waals surface area contributed by atoms with Gasteiger partial charge in [-0.3, -0.25) is 9.69 Å². The van der Waals surface area contributed by atoms with Gasteiger partial charge in [-0.15, -0.1) is 11.8 Å². The maximum Gasteiger partial charge on any atom is 0.257 e. The number of nitrogens with zero attached hydrogens (tertiary/aromatic N) is 2. The van der Waals surface area contributed by atoms with Crippen LogP contribution in [-0.4, -0.2) is 32.6 Å². The number of anilines is 1. The van der Waals surface area contributed by atoms with Crippen LogP contribution in [0.4, 0.5) is 5.69 Å². The number of hydrogen-bond donors (Lipinski definition) is 0. The molecule has 0 saturated carbocycles. The van der Waals surface area contributed by atoms with E-state index in [2.05, 4.69) is 34.7 Å². The summed E-state index contributed by atoms with van der Waals surface area (Å²) in [6.45, 7) is 4.23. The summed E-state index contributed by atoms with van der Waals surface area (Å²) >= 11 is 10.7. The van der Waals surface area contributed by atoms with Gasteiger partial charge >= 0.3 is 0 Å². The van der Waals surface area contributed by atoms with Crippen molar-refractivity contribution in [3.8, 4) is 0 Å². The topological polar surface area (TPSA) is 23.6 Å². The third kappa shape index (κ3) is 2.00. The van der Waals surface area contributed by atoms with Crippen molar-refractivity contribution < 1.29 is 4.79 Å². The van der Waals surface area contributed by atoms with Gasteiger partial charge in [0.05, 0.1) is 10.6 Å². The van der Waals surface area contributed by atoms with Crippen molar-refractivity contribution in [2.24, 2.45) is 0 Å². The van der Waals surface area contributed by atoms with Gasteiger partial charge in [0.2, 0.25) is 0 Å². The van der Waals surface area contributed by atoms with Gasteiger partial charge < -0.3 is 4.90 Å². The standard InChI is InChI=1S/C13H13BrN2OS2/c1-13(2)16-10(7-19-13)11(17)15(12(16)18)9-5-3-8(14)4-6-9/h3-6,10H,7H2,1-2H3. The second-order valence-electron chi connectivity index (χ2n) is 5.08. The quantitative estimate of drug-likeness (QED) is 0.720. The molecular formula is C13H13BrN2OS2. The summed E-state index contributed by atoms with van der Waals surface area (Å²) in [6, 6.07) is 7.56. The van der Waals surface area contributed by atoms with Crippen LogP contribution in [-0.2, 0) is 4.79 Å². The van der Waals surface area contributed by atoms with E-state index in [0.717, 1.165) is 15.9 Å². The lowest BCUT2D eigenvalue weighted by Crippen LogP contribution is -2.43. The molecule has 1 unspecified atom stereocenters. The highest BCUT2D eigenvalue weighted by Crippen LogP contribution is 2.44. The Morgan fingerprint density at radius 2 is 2.00 bits per heavy atom. The van der Waals surface area contributed by atoms with Crippen molar-refractivity contribution in [2.45, 2.75) is 24.8 Å². The van der Waals surface area contributed by atoms with E-state index in [9.17, 15) is 4.79 Å². The van der Waals surface area contributed by atoms with Crippen molar-refractivity contribution in [3.63, 3.8) is 0 Å². The van der Waals surface area contributed by atoms with Gasteiger partial charge in [0.15, 0.2) is 5.11 Å². The maximum absolute atomic E-state index is 12.5. The zero-order chi connectivity index (χ0) is 13.8. The van der Waals surface area contributed by atoms with Crippen molar-refractivity contribution >= 4 is 56.6 Å². The molecule has 3 nitrogen and oxygen atoms in total. The Balaban J connectivity index is 1.99. The van der Waals surface area contributed by atoms with E-state index >= 15 is 0 Å². The molecule has 0 bridgehead atoms. The van der Waals surface area contributed by atoms with Crippen LogP contribution in [0.2, 0.25) is 0 Å². The molecule has 1 amide bonds. The summed E-state index contributed by atoms with van der Waals surface area (Å²) in [5, 5.41) is 0.618. The summed E-state index contributed by atoms with van der Waals surface area (Å²) in [4.78, 5) is 16.2. The lowest BCUT2D eigenvalue weighted by molar-refractivity contribution is -0.119. The largest absolute Gasteiger partial charge is 0.321 e. The summed E-state index contributed by atoms with van der Waals surface area (Å²) in [5.41, 5.74) is 0.841. The number of halogens is 1. The molecule has 2 fully saturated rings. The smallest absolute Gasteiger partial charge is 0.257 e. The zero-order valence-corrected chi connectivity index (χ0v) is 13.8. The van der Waals surface area contributed by atoms with Crippen LogP contribution < -0.4 is 4.90 Å². The van der Waals surface area contributed by atoms with Gasteiger partial charge in [0, 0.05) is 10.2 Å². The van der Waals surface area contributed by atoms with E-state index in [0.29, 0.717) is 5.11 Å². The monoisotopic (exact) mass is 356 g/mol. The molecule has 2 aliphatic rings. The first-order valence-corrected chi connectivity index (χ1v) is 8.17. The number of carbonyl (C=O) groups excluding carboxylic acids is 1. The van der Waals surface area contributed by atoms with Gasteiger partial charge in [-0.05, 0) is 50.3 Å². The molecule has 0 radical (unpaired) electrons. The van der Waals surface area contributed by atoms with Gasteiger partial charge in [0.1, 0.15) is 6.04 Å². The fraction of sp³-hybridized carbons (Fsp3) is 0.385. The number of thiocarbonyl (C=S) groups is 1. The van der Waals surface area contributed by atoms with Gasteiger partial charge in [0.25, 0.3) is 5.91 Å². The molecule has 2 heterocycles. The molecule has 1 atom stereocenters. The molecule has 3 rings (SSSR count). The van der Waals surface area contributed by atoms with Crippen LogP contribution in [0.3, 0.4) is 0 Å². The van der Waals surface area contributed by atoms with E-state index in [4.69, 9.17) is 12.2 Å². The summed E-state index contributed by atoms with van der Waals surface area (Å²) in [5.74, 6) is 0.893. The molecule has 1 aromatic carbocycles. The van der Waals surface area contributed by atoms with E-state index < -0.39 is 0 Å². The second kappa shape index (κ2) is 4.46. The van der Waals surface area contributed by atoms with E-state index in [1.54, 1.807) is 16.7 Å². The molecule has 2 saturated heterocycles. The Kier molecular flexibility index (Phi) is 3.15. The molecule has 2 aliphatic heterocycles. The molecule has 0 aliphatic carbocycles. The van der Waals surface area contributed by atoms with E-state index in [1.165, 1.54) is 0 Å². The highest BCUT2D eigenvalue weighted by molar-refractivity contribution is 9.10. The minimum atomic E-state index is -0.115. The van der Waals surface area contributed by atoms with Crippen LogP contribution in [0.15, 0.2) is 28.7 Å². The lowest BCUT2D eigenvalue weighted by Gasteiger charge is -2.31. The fourth-order valence-electron chi connectivity index (χ4n) is 2.53. The number of thioether (sulfide) groups is 1. The molecule has 6 heteroatoms. The van der Waals surface area contributed by atoms with Crippen molar-refractivity contribution in [1.29, 1.82) is 0 Å². The zero-order valence-electron chi connectivity index (χ0n) is 10.6. The Labute approximate surface area is 130 Å². The highest BCUT2D eigenvalue weighted by atomic mass is 79.9. The molecule has 19 heavy (non-hydrogen) atoms. The number of carbonyl (C=O) groups is 1. The maximum atomic E-state index is 12.5. The third-order valence-electron chi connectivity index (χ3n) is 3.47. The summed E-state index contributed by atoms with van der Waals surface area (Å²) in [7, 11) is 0. The lowest BCUT2D eigenvalue weighted by atomic mass is 10.2. The molecule has 100 valence electrons. The first-order valence-electron chi connectivity index (χ1n) is 5.98. The number of benzene rings is 1. The van der Waals surface area contributed by atoms with Crippen molar-refractivity contribution in [3.05, 3.63) is 28.7 Å². The predicted molar refractivity (Wildman–Crippen MR) is 86.4 cm³/mol. The highest BCUT2D eigenvalue weighted by Gasteiger charge is 2.53. The van der Waals surface area contributed by atoms with Crippen LogP contribution in [0.1, 0.15) is 13.8 Å². The number of amides is 1. The molecule has 1 aromatic rings. The predicted octanol–water partition coefficient (Wildman–Crippen LogP) is 3.23. The van der Waals surface area contributed by atoms with Crippen molar-refractivity contribution in [2.75, 3.05) is 10.7 Å². The van der Waals surface area contributed by atoms with Crippen LogP contribution in [0.5, 0.6) is 0 Å². The average molecular weight is 357 g/mol. The second-order valence-corrected chi connectivity index (χ2v) is 7.98. The van der Waals surface area contributed by atoms with Crippen molar-refractivity contribution in [1.82, 2.24) is 4.90 Å². The Hall–Kier alpha value is -0.590. The number of fused-ring (bicyclic) bond motifs is 1. The summed E-state index contributed by atoms with van der Waals surface area (Å²) < 4.78 is 0.991. The molecular weight excluding hydrogens is 344 g/mol. The van der Waals surface area contributed by atoms with E-state index in [1.807, 2.05) is 24.3 Å². The Morgan fingerprint density at radius 1 is 1.37 bits per heavy atom. The molecule has 0 N–H and O–H groups in total. The van der Waals surface area contributed by atoms with Crippen LogP contribution >= 0.6 is 39.9 Å². The Bertz CT molecular complexity index is 558. The van der Waals surface area contributed by atoms with Crippen LogP contribution in [0.25, 0.3) is 0 Å². The first-order chi connectivity index (χ1) is 8.92. The van der Waals surface area contributed by atoms with Crippen LogP contribution in [0, 0.1) is 0 Å². The van der Waals surface area contributed by atoms with Gasteiger partial charge in [-0.2, -0.15) is 0 Å². The third-order valence-corrected chi connectivity index (χ3v) is 5.77. The minimum Gasteiger partial charge on any atom is -0.321 e. The normalized spacial score (nSPS) is 25.1. The average Bonchev–Trinajstić information content (AvgIpc) is 2.79. The van der Waals surface area contributed by atoms with Gasteiger partial charge in [-0.1, -0.05) is 15.9 Å². The Morgan fingerprint density at radius 3 is 2.58 bits per heavy atom. The number of hydrogen-bond acceptors (Lipinski definition) is 3. The molecule has 0 spiro atoms. The fourth-order valence-corrected chi connectivity index (χ4v) is 4.61.